The van der Waals surface area contributed by atoms with Gasteiger partial charge in [-0.05, 0) is 32.1 Å². The number of hydrogen-bond donors (Lipinski definition) is 1. The predicted molar refractivity (Wildman–Crippen MR) is 77.0 cm³/mol. The molecule has 2 fully saturated rings. The topological polar surface area (TPSA) is 58.6 Å². The maximum Gasteiger partial charge on any atom is 0.471 e. The van der Waals surface area contributed by atoms with Crippen LogP contribution >= 0.6 is 11.6 Å². The van der Waals surface area contributed by atoms with E-state index < -0.39 is 29.6 Å². The fourth-order valence-corrected chi connectivity index (χ4v) is 3.32. The van der Waals surface area contributed by atoms with Gasteiger partial charge in [-0.25, -0.2) is 0 Å². The molecule has 2 amide bonds. The van der Waals surface area contributed by atoms with E-state index in [9.17, 15) is 22.8 Å². The molecule has 9 heteroatoms. The van der Waals surface area contributed by atoms with Crippen LogP contribution in [0.2, 0.25) is 0 Å². The number of nitrogens with zero attached hydrogens (tertiary/aromatic N) is 1. The Labute approximate surface area is 137 Å². The minimum absolute atomic E-state index is 0.0192. The Balaban J connectivity index is 1.89. The Morgan fingerprint density at radius 2 is 1.87 bits per heavy atom. The Hall–Kier alpha value is -1.02. The number of likely N-dealkylation sites (tertiary alicyclic amines) is 1. The summed E-state index contributed by atoms with van der Waals surface area (Å²) in [5.41, 5.74) is 0. The van der Waals surface area contributed by atoms with E-state index in [1.165, 1.54) is 0 Å². The number of rotatable bonds is 3. The van der Waals surface area contributed by atoms with Gasteiger partial charge in [0.05, 0.1) is 12.1 Å². The number of halogens is 4. The average molecular weight is 357 g/mol. The number of hydrogen-bond acceptors (Lipinski definition) is 3. The van der Waals surface area contributed by atoms with E-state index in [2.05, 4.69) is 0 Å². The largest absolute Gasteiger partial charge is 0.471 e. The van der Waals surface area contributed by atoms with Gasteiger partial charge in [0.2, 0.25) is 5.91 Å². The SMILES string of the molecule is CC(Cl)C(=O)N1CCC([C@@H]2OCC[C@H]2NC(=O)C(F)(F)F)CC1. The standard InChI is InChI=1S/C14H20ClF3N2O3/c1-8(15)12(21)20-5-2-9(3-6-20)11-10(4-7-23-11)19-13(22)14(16,17)18/h8-11H,2-7H2,1H3,(H,19,22)/t8?,10-,11+/m1/s1. The lowest BCUT2D eigenvalue weighted by molar-refractivity contribution is -0.175. The molecule has 23 heavy (non-hydrogen) atoms. The normalized spacial score (nSPS) is 27.8. The molecule has 1 unspecified atom stereocenters. The molecule has 2 aliphatic heterocycles. The van der Waals surface area contributed by atoms with Crippen molar-refractivity contribution in [1.29, 1.82) is 0 Å². The van der Waals surface area contributed by atoms with Crippen molar-refractivity contribution >= 4 is 23.4 Å². The lowest BCUT2D eigenvalue weighted by Crippen LogP contribution is -2.51. The van der Waals surface area contributed by atoms with Gasteiger partial charge < -0.3 is 15.0 Å². The van der Waals surface area contributed by atoms with Gasteiger partial charge in [0, 0.05) is 19.7 Å². The third-order valence-corrected chi connectivity index (χ3v) is 4.55. The summed E-state index contributed by atoms with van der Waals surface area (Å²) >= 11 is 5.78. The highest BCUT2D eigenvalue weighted by Gasteiger charge is 2.44. The summed E-state index contributed by atoms with van der Waals surface area (Å²) in [5.74, 6) is -2.05. The summed E-state index contributed by atoms with van der Waals surface area (Å²) in [5, 5.41) is 1.44. The first kappa shape index (κ1) is 18.3. The molecule has 0 aromatic heterocycles. The minimum atomic E-state index is -4.89. The molecule has 2 rings (SSSR count). The van der Waals surface area contributed by atoms with Crippen molar-refractivity contribution in [3.8, 4) is 0 Å². The monoisotopic (exact) mass is 356 g/mol. The van der Waals surface area contributed by atoms with Gasteiger partial charge in [0.25, 0.3) is 0 Å². The molecule has 2 aliphatic rings. The lowest BCUT2D eigenvalue weighted by Gasteiger charge is -2.36. The van der Waals surface area contributed by atoms with Crippen LogP contribution in [-0.2, 0) is 14.3 Å². The molecule has 1 N–H and O–H groups in total. The van der Waals surface area contributed by atoms with E-state index in [0.717, 1.165) is 0 Å². The van der Waals surface area contributed by atoms with Gasteiger partial charge in [-0.15, -0.1) is 11.6 Å². The van der Waals surface area contributed by atoms with Crippen LogP contribution < -0.4 is 5.32 Å². The number of nitrogens with one attached hydrogen (secondary N) is 1. The van der Waals surface area contributed by atoms with Crippen LogP contribution in [0.5, 0.6) is 0 Å². The molecule has 0 bridgehead atoms. The highest BCUT2D eigenvalue weighted by atomic mass is 35.5. The highest BCUT2D eigenvalue weighted by Crippen LogP contribution is 2.30. The van der Waals surface area contributed by atoms with Gasteiger partial charge in [-0.2, -0.15) is 13.2 Å². The van der Waals surface area contributed by atoms with Crippen LogP contribution in [0, 0.1) is 5.92 Å². The first-order chi connectivity index (χ1) is 10.7. The lowest BCUT2D eigenvalue weighted by atomic mass is 9.87. The van der Waals surface area contributed by atoms with E-state index in [4.69, 9.17) is 16.3 Å². The number of carbonyl (C=O) groups excluding carboxylic acids is 2. The Kier molecular flexibility index (Phi) is 5.78. The molecule has 5 nitrogen and oxygen atoms in total. The van der Waals surface area contributed by atoms with Crippen molar-refractivity contribution in [3.63, 3.8) is 0 Å². The Bertz CT molecular complexity index is 451. The van der Waals surface area contributed by atoms with Crippen LogP contribution in [0.1, 0.15) is 26.2 Å². The van der Waals surface area contributed by atoms with Crippen molar-refractivity contribution < 1.29 is 27.5 Å². The van der Waals surface area contributed by atoms with Crippen molar-refractivity contribution in [1.82, 2.24) is 10.2 Å². The van der Waals surface area contributed by atoms with Gasteiger partial charge >= 0.3 is 12.1 Å². The van der Waals surface area contributed by atoms with Gasteiger partial charge in [0.1, 0.15) is 5.38 Å². The molecule has 0 saturated carbocycles. The summed E-state index contributed by atoms with van der Waals surface area (Å²) in [6, 6.07) is -0.636. The first-order valence-corrected chi connectivity index (χ1v) is 8.06. The molecular formula is C14H20ClF3N2O3. The summed E-state index contributed by atoms with van der Waals surface area (Å²) in [6.45, 7) is 2.94. The molecule has 0 spiro atoms. The summed E-state index contributed by atoms with van der Waals surface area (Å²) in [6.07, 6.45) is -3.72. The quantitative estimate of drug-likeness (QED) is 0.783. The summed E-state index contributed by atoms with van der Waals surface area (Å²) in [7, 11) is 0. The van der Waals surface area contributed by atoms with E-state index in [-0.39, 0.29) is 11.8 Å². The van der Waals surface area contributed by atoms with Crippen LogP contribution in [0.25, 0.3) is 0 Å². The molecule has 0 aliphatic carbocycles. The van der Waals surface area contributed by atoms with Gasteiger partial charge in [0.15, 0.2) is 0 Å². The van der Waals surface area contributed by atoms with Crippen molar-refractivity contribution in [2.75, 3.05) is 19.7 Å². The van der Waals surface area contributed by atoms with Gasteiger partial charge in [-0.1, -0.05) is 0 Å². The zero-order valence-electron chi connectivity index (χ0n) is 12.7. The highest BCUT2D eigenvalue weighted by molar-refractivity contribution is 6.30. The summed E-state index contributed by atoms with van der Waals surface area (Å²) in [4.78, 5) is 24.6. The van der Waals surface area contributed by atoms with Crippen molar-refractivity contribution in [2.45, 2.75) is 49.9 Å². The second-order valence-electron chi connectivity index (χ2n) is 5.98. The van der Waals surface area contributed by atoms with E-state index in [0.29, 0.717) is 39.0 Å². The number of carbonyl (C=O) groups is 2. The van der Waals surface area contributed by atoms with Crippen LogP contribution in [0.15, 0.2) is 0 Å². The number of ether oxygens (including phenoxy) is 1. The van der Waals surface area contributed by atoms with Crippen LogP contribution in [-0.4, -0.2) is 60.1 Å². The first-order valence-electron chi connectivity index (χ1n) is 7.62. The third kappa shape index (κ3) is 4.50. The van der Waals surface area contributed by atoms with E-state index in [1.54, 1.807) is 11.8 Å². The van der Waals surface area contributed by atoms with Crippen molar-refractivity contribution in [2.24, 2.45) is 5.92 Å². The van der Waals surface area contributed by atoms with Gasteiger partial charge in [-0.3, -0.25) is 9.59 Å². The smallest absolute Gasteiger partial charge is 0.376 e. The Morgan fingerprint density at radius 1 is 1.26 bits per heavy atom. The molecule has 0 aromatic rings. The number of piperidine rings is 1. The van der Waals surface area contributed by atoms with E-state index in [1.807, 2.05) is 5.32 Å². The summed E-state index contributed by atoms with van der Waals surface area (Å²) < 4.78 is 42.7. The Morgan fingerprint density at radius 3 is 2.39 bits per heavy atom. The number of amides is 2. The molecule has 2 heterocycles. The van der Waals surface area contributed by atoms with Crippen LogP contribution in [0.3, 0.4) is 0 Å². The molecule has 3 atom stereocenters. The van der Waals surface area contributed by atoms with E-state index >= 15 is 0 Å². The number of alkyl halides is 4. The molecule has 0 radical (unpaired) electrons. The maximum atomic E-state index is 12.4. The maximum absolute atomic E-state index is 12.4. The fourth-order valence-electron chi connectivity index (χ4n) is 3.18. The van der Waals surface area contributed by atoms with Crippen LogP contribution in [0.4, 0.5) is 13.2 Å². The minimum Gasteiger partial charge on any atom is -0.376 e. The zero-order valence-corrected chi connectivity index (χ0v) is 13.5. The molecular weight excluding hydrogens is 337 g/mol. The van der Waals surface area contributed by atoms with Crippen molar-refractivity contribution in [3.05, 3.63) is 0 Å². The average Bonchev–Trinajstić information content (AvgIpc) is 2.93. The third-order valence-electron chi connectivity index (χ3n) is 4.37. The molecule has 132 valence electrons. The predicted octanol–water partition coefficient (Wildman–Crippen LogP) is 1.69. The molecule has 2 saturated heterocycles. The second-order valence-corrected chi connectivity index (χ2v) is 6.64. The fraction of sp³-hybridized carbons (Fsp3) is 0.857. The second kappa shape index (κ2) is 7.25. The zero-order chi connectivity index (χ0) is 17.2. The molecule has 0 aromatic carbocycles.